The van der Waals surface area contributed by atoms with E-state index in [1.54, 1.807) is 18.2 Å². The molecule has 9 nitrogen and oxygen atoms in total. The molecule has 3 atom stereocenters. The van der Waals surface area contributed by atoms with Gasteiger partial charge in [0, 0.05) is 6.07 Å². The van der Waals surface area contributed by atoms with Crippen LogP contribution in [0.5, 0.6) is 11.5 Å². The molecule has 3 amide bonds. The molecule has 1 heterocycles. The van der Waals surface area contributed by atoms with Gasteiger partial charge in [-0.25, -0.2) is 4.79 Å². The predicted molar refractivity (Wildman–Crippen MR) is 106 cm³/mol. The van der Waals surface area contributed by atoms with Crippen molar-refractivity contribution < 1.29 is 33.4 Å². The molecule has 0 radical (unpaired) electrons. The van der Waals surface area contributed by atoms with Crippen molar-refractivity contribution in [3.8, 4) is 11.5 Å². The van der Waals surface area contributed by atoms with Crippen molar-refractivity contribution in [1.29, 1.82) is 0 Å². The standard InChI is InChI=1S/C21H26N2O7/c1-12(23-19(25)14-6-4-5-7-15(14)20(23)26)21(27)30-11-18(24)22-16-10-13(28-2)8-9-17(16)29-3/h8-10,12,14-15H,4-7,11H2,1-3H3,(H,22,24)/t12-,14-,15-/m0/s1. The summed E-state index contributed by atoms with van der Waals surface area (Å²) < 4.78 is 15.4. The van der Waals surface area contributed by atoms with E-state index in [2.05, 4.69) is 5.32 Å². The quantitative estimate of drug-likeness (QED) is 0.530. The van der Waals surface area contributed by atoms with E-state index >= 15 is 0 Å². The summed E-state index contributed by atoms with van der Waals surface area (Å²) in [7, 11) is 2.95. The number of carbonyl (C=O) groups is 4. The fraction of sp³-hybridized carbons (Fsp3) is 0.524. The molecule has 1 saturated heterocycles. The first kappa shape index (κ1) is 21.6. The van der Waals surface area contributed by atoms with Crippen LogP contribution in [-0.4, -0.2) is 55.5 Å². The smallest absolute Gasteiger partial charge is 0.329 e. The summed E-state index contributed by atoms with van der Waals surface area (Å²) in [5, 5.41) is 2.59. The maximum atomic E-state index is 12.6. The van der Waals surface area contributed by atoms with Gasteiger partial charge in [-0.15, -0.1) is 0 Å². The monoisotopic (exact) mass is 418 g/mol. The van der Waals surface area contributed by atoms with Gasteiger partial charge in [-0.2, -0.15) is 0 Å². The van der Waals surface area contributed by atoms with Gasteiger partial charge >= 0.3 is 5.97 Å². The highest BCUT2D eigenvalue weighted by Gasteiger charge is 2.51. The van der Waals surface area contributed by atoms with Crippen LogP contribution in [0.15, 0.2) is 18.2 Å². The summed E-state index contributed by atoms with van der Waals surface area (Å²) in [4.78, 5) is 50.8. The summed E-state index contributed by atoms with van der Waals surface area (Å²) in [6, 6.07) is 3.81. The maximum Gasteiger partial charge on any atom is 0.329 e. The van der Waals surface area contributed by atoms with Gasteiger partial charge in [-0.05, 0) is 31.9 Å². The predicted octanol–water partition coefficient (Wildman–Crippen LogP) is 1.75. The highest BCUT2D eigenvalue weighted by atomic mass is 16.5. The molecule has 9 heteroatoms. The molecule has 0 unspecified atom stereocenters. The Hall–Kier alpha value is -3.10. The van der Waals surface area contributed by atoms with E-state index in [9.17, 15) is 19.2 Å². The third-order valence-electron chi connectivity index (χ3n) is 5.63. The van der Waals surface area contributed by atoms with Gasteiger partial charge < -0.3 is 19.5 Å². The molecule has 0 spiro atoms. The minimum Gasteiger partial charge on any atom is -0.497 e. The summed E-state index contributed by atoms with van der Waals surface area (Å²) in [5.74, 6) is -1.78. The van der Waals surface area contributed by atoms with Gasteiger partial charge in [0.1, 0.15) is 17.5 Å². The highest BCUT2D eigenvalue weighted by molar-refractivity contribution is 6.08. The number of anilines is 1. The van der Waals surface area contributed by atoms with Gasteiger partial charge in [-0.3, -0.25) is 19.3 Å². The Kier molecular flexibility index (Phi) is 6.59. The Morgan fingerprint density at radius 3 is 2.30 bits per heavy atom. The van der Waals surface area contributed by atoms with Crippen LogP contribution in [0.25, 0.3) is 0 Å². The van der Waals surface area contributed by atoms with Crippen molar-refractivity contribution in [3.05, 3.63) is 18.2 Å². The number of imide groups is 1. The third kappa shape index (κ3) is 4.24. The van der Waals surface area contributed by atoms with Crippen molar-refractivity contribution in [2.24, 2.45) is 11.8 Å². The second-order valence-electron chi connectivity index (χ2n) is 7.44. The fourth-order valence-electron chi connectivity index (χ4n) is 4.03. The van der Waals surface area contributed by atoms with Gasteiger partial charge in [0.25, 0.3) is 5.91 Å². The van der Waals surface area contributed by atoms with E-state index in [1.807, 2.05) is 0 Å². The Balaban J connectivity index is 1.58. The molecule has 0 bridgehead atoms. The lowest BCUT2D eigenvalue weighted by Gasteiger charge is -2.21. The lowest BCUT2D eigenvalue weighted by molar-refractivity contribution is -0.159. The summed E-state index contributed by atoms with van der Waals surface area (Å²) in [6.45, 7) is 0.880. The van der Waals surface area contributed by atoms with Gasteiger partial charge in [0.05, 0.1) is 31.7 Å². The molecule has 2 fully saturated rings. The van der Waals surface area contributed by atoms with Crippen LogP contribution in [-0.2, 0) is 23.9 Å². The normalized spacial score (nSPS) is 21.6. The van der Waals surface area contributed by atoms with Gasteiger partial charge in [0.2, 0.25) is 11.8 Å². The summed E-state index contributed by atoms with van der Waals surface area (Å²) in [6.07, 6.45) is 3.14. The number of benzene rings is 1. The Morgan fingerprint density at radius 2 is 1.73 bits per heavy atom. The zero-order valence-corrected chi connectivity index (χ0v) is 17.3. The number of likely N-dealkylation sites (tertiary alicyclic amines) is 1. The van der Waals surface area contributed by atoms with Crippen molar-refractivity contribution in [3.63, 3.8) is 0 Å². The third-order valence-corrected chi connectivity index (χ3v) is 5.63. The number of nitrogens with zero attached hydrogens (tertiary/aromatic N) is 1. The first-order valence-corrected chi connectivity index (χ1v) is 9.92. The van der Waals surface area contributed by atoms with E-state index in [4.69, 9.17) is 14.2 Å². The second-order valence-corrected chi connectivity index (χ2v) is 7.44. The number of carbonyl (C=O) groups excluding carboxylic acids is 4. The van der Waals surface area contributed by atoms with E-state index in [0.717, 1.165) is 17.7 Å². The number of amides is 3. The second kappa shape index (κ2) is 9.15. The van der Waals surface area contributed by atoms with E-state index in [0.29, 0.717) is 30.0 Å². The number of hydrogen-bond acceptors (Lipinski definition) is 7. The summed E-state index contributed by atoms with van der Waals surface area (Å²) >= 11 is 0. The van der Waals surface area contributed by atoms with Crippen LogP contribution in [0.4, 0.5) is 5.69 Å². The number of methoxy groups -OCH3 is 2. The molecular formula is C21H26N2O7. The van der Waals surface area contributed by atoms with Crippen LogP contribution >= 0.6 is 0 Å². The van der Waals surface area contributed by atoms with E-state index in [-0.39, 0.29) is 23.7 Å². The first-order valence-electron chi connectivity index (χ1n) is 9.92. The first-order chi connectivity index (χ1) is 14.4. The van der Waals surface area contributed by atoms with Crippen LogP contribution in [0.3, 0.4) is 0 Å². The number of ether oxygens (including phenoxy) is 3. The molecule has 1 saturated carbocycles. The molecule has 0 aromatic heterocycles. The molecule has 30 heavy (non-hydrogen) atoms. The Bertz CT molecular complexity index is 830. The minimum absolute atomic E-state index is 0.320. The topological polar surface area (TPSA) is 111 Å². The average molecular weight is 418 g/mol. The molecule has 1 aromatic rings. The van der Waals surface area contributed by atoms with Gasteiger partial charge in [0.15, 0.2) is 6.61 Å². The Morgan fingerprint density at radius 1 is 1.10 bits per heavy atom. The molecule has 162 valence electrons. The summed E-state index contributed by atoms with van der Waals surface area (Å²) in [5.41, 5.74) is 0.361. The van der Waals surface area contributed by atoms with Crippen LogP contribution < -0.4 is 14.8 Å². The largest absolute Gasteiger partial charge is 0.497 e. The minimum atomic E-state index is -1.07. The van der Waals surface area contributed by atoms with Crippen molar-refractivity contribution in [2.45, 2.75) is 38.6 Å². The zero-order valence-electron chi connectivity index (χ0n) is 17.3. The van der Waals surface area contributed by atoms with Crippen molar-refractivity contribution in [1.82, 2.24) is 4.90 Å². The number of nitrogens with one attached hydrogen (secondary N) is 1. The molecule has 2 aliphatic rings. The molecular weight excluding hydrogens is 392 g/mol. The lowest BCUT2D eigenvalue weighted by Crippen LogP contribution is -2.45. The fourth-order valence-corrected chi connectivity index (χ4v) is 4.03. The number of fused-ring (bicyclic) bond motifs is 1. The lowest BCUT2D eigenvalue weighted by atomic mass is 9.81. The van der Waals surface area contributed by atoms with E-state index in [1.165, 1.54) is 21.1 Å². The Labute approximate surface area is 174 Å². The van der Waals surface area contributed by atoms with Crippen LogP contribution in [0.1, 0.15) is 32.6 Å². The molecule has 1 aliphatic carbocycles. The zero-order chi connectivity index (χ0) is 21.8. The highest BCUT2D eigenvalue weighted by Crippen LogP contribution is 2.39. The van der Waals surface area contributed by atoms with E-state index < -0.39 is 24.5 Å². The molecule has 1 aromatic carbocycles. The van der Waals surface area contributed by atoms with Crippen LogP contribution in [0, 0.1) is 11.8 Å². The van der Waals surface area contributed by atoms with Crippen molar-refractivity contribution in [2.75, 3.05) is 26.1 Å². The number of rotatable bonds is 7. The molecule has 3 rings (SSSR count). The average Bonchev–Trinajstić information content (AvgIpc) is 3.01. The molecule has 1 N–H and O–H groups in total. The number of hydrogen-bond donors (Lipinski definition) is 1. The SMILES string of the molecule is COc1ccc(OC)c(NC(=O)COC(=O)[C@H](C)N2C(=O)[C@H]3CCCC[C@@H]3C2=O)c1. The van der Waals surface area contributed by atoms with Crippen LogP contribution in [0.2, 0.25) is 0 Å². The van der Waals surface area contributed by atoms with Gasteiger partial charge in [-0.1, -0.05) is 12.8 Å². The maximum absolute atomic E-state index is 12.6. The van der Waals surface area contributed by atoms with Crippen molar-refractivity contribution >= 4 is 29.4 Å². The number of esters is 1. The molecule has 1 aliphatic heterocycles.